The van der Waals surface area contributed by atoms with Gasteiger partial charge in [-0.25, -0.2) is 0 Å². The van der Waals surface area contributed by atoms with Gasteiger partial charge < -0.3 is 15.4 Å². The smallest absolute Gasteiger partial charge is 0.0992 e. The normalized spacial score (nSPS) is 9.81. The first-order valence-electron chi connectivity index (χ1n) is 5.26. The van der Waals surface area contributed by atoms with Gasteiger partial charge >= 0.3 is 0 Å². The van der Waals surface area contributed by atoms with Crippen LogP contribution in [0.15, 0.2) is 18.2 Å². The summed E-state index contributed by atoms with van der Waals surface area (Å²) in [5.74, 6) is 0. The molecule has 0 saturated heterocycles. The molecular weight excluding hydrogens is 202 g/mol. The van der Waals surface area contributed by atoms with Crippen LogP contribution in [0.3, 0.4) is 0 Å². The Balaban J connectivity index is 2.94. The number of likely N-dealkylation sites (N-methyl/N-ethyl adjacent to an activating group) is 1. The van der Waals surface area contributed by atoms with Crippen molar-refractivity contribution in [1.82, 2.24) is 0 Å². The predicted octanol–water partition coefficient (Wildman–Crippen LogP) is 1.61. The highest BCUT2D eigenvalue weighted by molar-refractivity contribution is 5.69. The Kier molecular flexibility index (Phi) is 4.62. The monoisotopic (exact) mass is 219 g/mol. The minimum absolute atomic E-state index is 0.625. The highest BCUT2D eigenvalue weighted by atomic mass is 16.5. The van der Waals surface area contributed by atoms with E-state index in [0.29, 0.717) is 17.9 Å². The Bertz CT molecular complexity index is 384. The summed E-state index contributed by atoms with van der Waals surface area (Å²) >= 11 is 0. The number of methoxy groups -OCH3 is 1. The summed E-state index contributed by atoms with van der Waals surface area (Å²) in [5.41, 5.74) is 8.12. The molecule has 0 radical (unpaired) electrons. The van der Waals surface area contributed by atoms with Gasteiger partial charge in [-0.1, -0.05) is 0 Å². The van der Waals surface area contributed by atoms with Crippen molar-refractivity contribution in [2.75, 3.05) is 37.4 Å². The SMILES string of the molecule is CCN(CCOC)c1cc(C#N)ccc1N. The fourth-order valence-electron chi connectivity index (χ4n) is 1.54. The van der Waals surface area contributed by atoms with Crippen LogP contribution in [0.4, 0.5) is 11.4 Å². The van der Waals surface area contributed by atoms with Crippen molar-refractivity contribution < 1.29 is 4.74 Å². The van der Waals surface area contributed by atoms with Gasteiger partial charge in [0.1, 0.15) is 0 Å². The maximum atomic E-state index is 8.85. The predicted molar refractivity (Wildman–Crippen MR) is 65.3 cm³/mol. The average Bonchev–Trinajstić information content (AvgIpc) is 2.32. The quantitative estimate of drug-likeness (QED) is 0.764. The van der Waals surface area contributed by atoms with Gasteiger partial charge in [0, 0.05) is 20.2 Å². The number of ether oxygens (including phenoxy) is 1. The van der Waals surface area contributed by atoms with Crippen LogP contribution in [0.1, 0.15) is 12.5 Å². The Morgan fingerprint density at radius 3 is 2.81 bits per heavy atom. The second-order valence-electron chi connectivity index (χ2n) is 3.46. The summed E-state index contributed by atoms with van der Waals surface area (Å²) in [7, 11) is 1.67. The highest BCUT2D eigenvalue weighted by Gasteiger charge is 2.08. The minimum Gasteiger partial charge on any atom is -0.397 e. The maximum Gasteiger partial charge on any atom is 0.0992 e. The Hall–Kier alpha value is -1.73. The lowest BCUT2D eigenvalue weighted by atomic mass is 10.1. The van der Waals surface area contributed by atoms with Crippen LogP contribution in [0, 0.1) is 11.3 Å². The van der Waals surface area contributed by atoms with E-state index in [1.54, 1.807) is 19.2 Å². The number of anilines is 2. The molecule has 0 aliphatic rings. The molecule has 0 atom stereocenters. The molecule has 16 heavy (non-hydrogen) atoms. The van der Waals surface area contributed by atoms with E-state index in [4.69, 9.17) is 15.7 Å². The van der Waals surface area contributed by atoms with Gasteiger partial charge in [-0.3, -0.25) is 0 Å². The molecule has 0 amide bonds. The van der Waals surface area contributed by atoms with Crippen molar-refractivity contribution in [3.63, 3.8) is 0 Å². The fraction of sp³-hybridized carbons (Fsp3) is 0.417. The third-order valence-corrected chi connectivity index (χ3v) is 2.45. The summed E-state index contributed by atoms with van der Waals surface area (Å²) in [5, 5.41) is 8.85. The van der Waals surface area contributed by atoms with Crippen molar-refractivity contribution in [1.29, 1.82) is 5.26 Å². The second-order valence-corrected chi connectivity index (χ2v) is 3.46. The third kappa shape index (κ3) is 2.88. The number of nitrogens with zero attached hydrogens (tertiary/aromatic N) is 2. The summed E-state index contributed by atoms with van der Waals surface area (Å²) in [4.78, 5) is 2.10. The van der Waals surface area contributed by atoms with Crippen molar-refractivity contribution in [2.24, 2.45) is 0 Å². The molecule has 0 aromatic heterocycles. The van der Waals surface area contributed by atoms with E-state index < -0.39 is 0 Å². The molecule has 0 aliphatic heterocycles. The molecular formula is C12H17N3O. The molecule has 0 saturated carbocycles. The molecule has 0 spiro atoms. The zero-order valence-corrected chi connectivity index (χ0v) is 9.73. The molecule has 0 aliphatic carbocycles. The second kappa shape index (κ2) is 5.99. The lowest BCUT2D eigenvalue weighted by molar-refractivity contribution is 0.205. The lowest BCUT2D eigenvalue weighted by Crippen LogP contribution is -2.27. The Morgan fingerprint density at radius 2 is 2.25 bits per heavy atom. The molecule has 4 nitrogen and oxygen atoms in total. The molecule has 0 heterocycles. The topological polar surface area (TPSA) is 62.3 Å². The van der Waals surface area contributed by atoms with Gasteiger partial charge in [0.25, 0.3) is 0 Å². The van der Waals surface area contributed by atoms with Gasteiger partial charge in [0.05, 0.1) is 29.6 Å². The first kappa shape index (κ1) is 12.3. The van der Waals surface area contributed by atoms with Crippen molar-refractivity contribution >= 4 is 11.4 Å². The van der Waals surface area contributed by atoms with Crippen LogP contribution in [0.2, 0.25) is 0 Å². The Labute approximate surface area is 96.2 Å². The van der Waals surface area contributed by atoms with E-state index in [1.807, 2.05) is 13.0 Å². The van der Waals surface area contributed by atoms with E-state index in [2.05, 4.69) is 11.0 Å². The standard InChI is InChI=1S/C12H17N3O/c1-3-15(6-7-16-2)12-8-10(9-13)4-5-11(12)14/h4-5,8H,3,6-7,14H2,1-2H3. The van der Waals surface area contributed by atoms with Gasteiger partial charge in [0.2, 0.25) is 0 Å². The van der Waals surface area contributed by atoms with E-state index in [-0.39, 0.29) is 0 Å². The van der Waals surface area contributed by atoms with Crippen molar-refractivity contribution in [2.45, 2.75) is 6.92 Å². The molecule has 86 valence electrons. The number of nitriles is 1. The van der Waals surface area contributed by atoms with E-state index in [1.165, 1.54) is 0 Å². The van der Waals surface area contributed by atoms with Crippen LogP contribution in [-0.4, -0.2) is 26.8 Å². The number of nitrogen functional groups attached to an aromatic ring is 1. The van der Waals surface area contributed by atoms with Gasteiger partial charge in [-0.05, 0) is 25.1 Å². The van der Waals surface area contributed by atoms with Gasteiger partial charge in [-0.2, -0.15) is 5.26 Å². The zero-order chi connectivity index (χ0) is 12.0. The minimum atomic E-state index is 0.625. The Morgan fingerprint density at radius 1 is 1.50 bits per heavy atom. The van der Waals surface area contributed by atoms with E-state index >= 15 is 0 Å². The first-order chi connectivity index (χ1) is 7.72. The summed E-state index contributed by atoms with van der Waals surface area (Å²) in [6.45, 7) is 4.30. The van der Waals surface area contributed by atoms with Gasteiger partial charge in [0.15, 0.2) is 0 Å². The molecule has 0 unspecified atom stereocenters. The number of rotatable bonds is 5. The number of hydrogen-bond acceptors (Lipinski definition) is 4. The first-order valence-corrected chi connectivity index (χ1v) is 5.26. The molecule has 0 bridgehead atoms. The lowest BCUT2D eigenvalue weighted by Gasteiger charge is -2.24. The van der Waals surface area contributed by atoms with Crippen LogP contribution >= 0.6 is 0 Å². The van der Waals surface area contributed by atoms with Gasteiger partial charge in [-0.15, -0.1) is 0 Å². The van der Waals surface area contributed by atoms with Crippen molar-refractivity contribution in [3.8, 4) is 6.07 Å². The van der Waals surface area contributed by atoms with Crippen LogP contribution in [0.25, 0.3) is 0 Å². The third-order valence-electron chi connectivity index (χ3n) is 2.45. The zero-order valence-electron chi connectivity index (χ0n) is 9.73. The highest BCUT2D eigenvalue weighted by Crippen LogP contribution is 2.24. The van der Waals surface area contributed by atoms with Crippen LogP contribution in [-0.2, 0) is 4.74 Å². The molecule has 4 heteroatoms. The molecule has 1 rings (SSSR count). The van der Waals surface area contributed by atoms with E-state index in [9.17, 15) is 0 Å². The largest absolute Gasteiger partial charge is 0.397 e. The number of nitrogens with two attached hydrogens (primary N) is 1. The summed E-state index contributed by atoms with van der Waals surface area (Å²) in [6, 6.07) is 7.42. The maximum absolute atomic E-state index is 8.85. The van der Waals surface area contributed by atoms with E-state index in [0.717, 1.165) is 18.8 Å². The molecule has 1 aromatic rings. The average molecular weight is 219 g/mol. The molecule has 2 N–H and O–H groups in total. The van der Waals surface area contributed by atoms with Crippen LogP contribution < -0.4 is 10.6 Å². The summed E-state index contributed by atoms with van der Waals surface area (Å²) in [6.07, 6.45) is 0. The number of hydrogen-bond donors (Lipinski definition) is 1. The molecule has 0 fully saturated rings. The molecule has 1 aromatic carbocycles. The van der Waals surface area contributed by atoms with Crippen LogP contribution in [0.5, 0.6) is 0 Å². The fourth-order valence-corrected chi connectivity index (χ4v) is 1.54. The summed E-state index contributed by atoms with van der Waals surface area (Å²) < 4.78 is 5.04. The number of benzene rings is 1. The van der Waals surface area contributed by atoms with Crippen molar-refractivity contribution in [3.05, 3.63) is 23.8 Å².